The SMILES string of the molecule is COCCN(CC(=O)N1CCc2sccc2C1COc1ccccc1)C(C)=O. The van der Waals surface area contributed by atoms with Crippen LogP contribution in [0.15, 0.2) is 41.8 Å². The molecule has 0 aliphatic carbocycles. The first-order valence-corrected chi connectivity index (χ1v) is 10.3. The van der Waals surface area contributed by atoms with Crippen molar-refractivity contribution in [1.29, 1.82) is 0 Å². The van der Waals surface area contributed by atoms with Crippen LogP contribution in [-0.2, 0) is 20.7 Å². The summed E-state index contributed by atoms with van der Waals surface area (Å²) >= 11 is 1.72. The van der Waals surface area contributed by atoms with Crippen LogP contribution in [0.25, 0.3) is 0 Å². The van der Waals surface area contributed by atoms with Crippen LogP contribution < -0.4 is 4.74 Å². The second kappa shape index (κ2) is 9.71. The third-order valence-corrected chi connectivity index (χ3v) is 5.90. The van der Waals surface area contributed by atoms with E-state index in [4.69, 9.17) is 9.47 Å². The molecule has 0 spiro atoms. The number of para-hydroxylation sites is 1. The average molecular weight is 403 g/mol. The number of nitrogens with zero attached hydrogens (tertiary/aromatic N) is 2. The molecule has 0 fully saturated rings. The molecule has 0 bridgehead atoms. The quantitative estimate of drug-likeness (QED) is 0.681. The van der Waals surface area contributed by atoms with Crippen molar-refractivity contribution in [2.24, 2.45) is 0 Å². The fourth-order valence-electron chi connectivity index (χ4n) is 3.37. The molecule has 3 rings (SSSR count). The van der Waals surface area contributed by atoms with Crippen LogP contribution in [0.4, 0.5) is 0 Å². The van der Waals surface area contributed by atoms with Crippen LogP contribution in [0, 0.1) is 0 Å². The summed E-state index contributed by atoms with van der Waals surface area (Å²) in [6.07, 6.45) is 0.832. The van der Waals surface area contributed by atoms with Crippen LogP contribution in [0.3, 0.4) is 0 Å². The highest BCUT2D eigenvalue weighted by Gasteiger charge is 2.33. The van der Waals surface area contributed by atoms with Crippen molar-refractivity contribution in [1.82, 2.24) is 9.80 Å². The van der Waals surface area contributed by atoms with Gasteiger partial charge in [0.05, 0.1) is 19.2 Å². The maximum atomic E-state index is 13.1. The van der Waals surface area contributed by atoms with E-state index in [0.717, 1.165) is 17.7 Å². The number of methoxy groups -OCH3 is 1. The van der Waals surface area contributed by atoms with E-state index < -0.39 is 0 Å². The molecule has 7 heteroatoms. The lowest BCUT2D eigenvalue weighted by Gasteiger charge is -2.37. The van der Waals surface area contributed by atoms with Crippen molar-refractivity contribution >= 4 is 23.2 Å². The van der Waals surface area contributed by atoms with Gasteiger partial charge in [0.15, 0.2) is 0 Å². The van der Waals surface area contributed by atoms with E-state index in [1.54, 1.807) is 18.4 Å². The van der Waals surface area contributed by atoms with E-state index in [-0.39, 0.29) is 24.4 Å². The Morgan fingerprint density at radius 3 is 2.75 bits per heavy atom. The number of carbonyl (C=O) groups excluding carboxylic acids is 2. The summed E-state index contributed by atoms with van der Waals surface area (Å²) in [7, 11) is 1.58. The second-order valence-electron chi connectivity index (χ2n) is 6.71. The third kappa shape index (κ3) is 4.91. The summed E-state index contributed by atoms with van der Waals surface area (Å²) in [5, 5.41) is 2.06. The van der Waals surface area contributed by atoms with Crippen LogP contribution in [-0.4, -0.2) is 61.6 Å². The van der Waals surface area contributed by atoms with Gasteiger partial charge in [0.2, 0.25) is 11.8 Å². The van der Waals surface area contributed by atoms with Gasteiger partial charge in [-0.15, -0.1) is 11.3 Å². The topological polar surface area (TPSA) is 59.1 Å². The van der Waals surface area contributed by atoms with Gasteiger partial charge in [-0.3, -0.25) is 9.59 Å². The predicted molar refractivity (Wildman–Crippen MR) is 109 cm³/mol. The maximum absolute atomic E-state index is 13.1. The number of hydrogen-bond donors (Lipinski definition) is 0. The molecule has 150 valence electrons. The Hall–Kier alpha value is -2.38. The van der Waals surface area contributed by atoms with Gasteiger partial charge in [0, 0.05) is 32.0 Å². The average Bonchev–Trinajstić information content (AvgIpc) is 3.18. The Morgan fingerprint density at radius 1 is 1.25 bits per heavy atom. The molecule has 2 aromatic rings. The molecule has 0 N–H and O–H groups in total. The van der Waals surface area contributed by atoms with Gasteiger partial charge in [-0.2, -0.15) is 0 Å². The van der Waals surface area contributed by atoms with Crippen molar-refractivity contribution in [3.8, 4) is 5.75 Å². The molecule has 1 aliphatic rings. The van der Waals surface area contributed by atoms with Gasteiger partial charge in [0.1, 0.15) is 12.4 Å². The molecule has 2 amide bonds. The lowest BCUT2D eigenvalue weighted by atomic mass is 10.0. The highest BCUT2D eigenvalue weighted by atomic mass is 32.1. The monoisotopic (exact) mass is 402 g/mol. The van der Waals surface area contributed by atoms with Crippen LogP contribution in [0.1, 0.15) is 23.4 Å². The van der Waals surface area contributed by atoms with Gasteiger partial charge in [-0.05, 0) is 35.6 Å². The number of rotatable bonds is 8. The molecule has 1 aromatic carbocycles. The molecule has 2 heterocycles. The number of fused-ring (bicyclic) bond motifs is 1. The highest BCUT2D eigenvalue weighted by molar-refractivity contribution is 7.10. The fourth-order valence-corrected chi connectivity index (χ4v) is 4.30. The van der Waals surface area contributed by atoms with Crippen molar-refractivity contribution < 1.29 is 19.1 Å². The lowest BCUT2D eigenvalue weighted by molar-refractivity contribution is -0.142. The van der Waals surface area contributed by atoms with Gasteiger partial charge < -0.3 is 19.3 Å². The molecule has 1 atom stereocenters. The standard InChI is InChI=1S/C21H26N2O4S/c1-16(24)22(11-12-26-2)14-21(25)23-10-8-20-18(9-13-28-20)19(23)15-27-17-6-4-3-5-7-17/h3-7,9,13,19H,8,10-12,14-15H2,1-2H3. The zero-order valence-corrected chi connectivity index (χ0v) is 17.1. The van der Waals surface area contributed by atoms with E-state index >= 15 is 0 Å². The zero-order chi connectivity index (χ0) is 19.9. The zero-order valence-electron chi connectivity index (χ0n) is 16.3. The van der Waals surface area contributed by atoms with E-state index in [9.17, 15) is 9.59 Å². The van der Waals surface area contributed by atoms with Crippen LogP contribution in [0.2, 0.25) is 0 Å². The molecule has 0 saturated carbocycles. The van der Waals surface area contributed by atoms with Crippen molar-refractivity contribution in [3.05, 3.63) is 52.2 Å². The maximum Gasteiger partial charge on any atom is 0.242 e. The van der Waals surface area contributed by atoms with E-state index in [1.807, 2.05) is 35.2 Å². The van der Waals surface area contributed by atoms with Gasteiger partial charge in [0.25, 0.3) is 0 Å². The van der Waals surface area contributed by atoms with Crippen molar-refractivity contribution in [2.75, 3.05) is 40.0 Å². The second-order valence-corrected chi connectivity index (χ2v) is 7.71. The molecule has 6 nitrogen and oxygen atoms in total. The molecule has 1 aliphatic heterocycles. The largest absolute Gasteiger partial charge is 0.491 e. The minimum atomic E-state index is -0.154. The Bertz CT molecular complexity index is 793. The smallest absolute Gasteiger partial charge is 0.242 e. The number of amides is 2. The molecule has 1 unspecified atom stereocenters. The summed E-state index contributed by atoms with van der Waals surface area (Å²) in [4.78, 5) is 29.6. The summed E-state index contributed by atoms with van der Waals surface area (Å²) in [6, 6.07) is 11.5. The van der Waals surface area contributed by atoms with Crippen molar-refractivity contribution in [3.63, 3.8) is 0 Å². The fraction of sp³-hybridized carbons (Fsp3) is 0.429. The molecule has 0 saturated heterocycles. The number of thiophene rings is 1. The van der Waals surface area contributed by atoms with Crippen molar-refractivity contribution in [2.45, 2.75) is 19.4 Å². The number of ether oxygens (including phenoxy) is 2. The molecule has 0 radical (unpaired) electrons. The minimum Gasteiger partial charge on any atom is -0.491 e. The van der Waals surface area contributed by atoms with Gasteiger partial charge >= 0.3 is 0 Å². The summed E-state index contributed by atoms with van der Waals surface area (Å²) in [5.41, 5.74) is 1.15. The predicted octanol–water partition coefficient (Wildman–Crippen LogP) is 2.75. The first-order valence-electron chi connectivity index (χ1n) is 9.38. The van der Waals surface area contributed by atoms with Crippen LogP contribution in [0.5, 0.6) is 5.75 Å². The van der Waals surface area contributed by atoms with Gasteiger partial charge in [-0.1, -0.05) is 18.2 Å². The minimum absolute atomic E-state index is 0.0556. The van der Waals surface area contributed by atoms with E-state index in [2.05, 4.69) is 11.4 Å². The third-order valence-electron chi connectivity index (χ3n) is 4.90. The first-order chi connectivity index (χ1) is 13.6. The van der Waals surface area contributed by atoms with E-state index in [0.29, 0.717) is 26.3 Å². The molecular formula is C21H26N2O4S. The normalized spacial score (nSPS) is 15.8. The first kappa shape index (κ1) is 20.4. The summed E-state index contributed by atoms with van der Waals surface area (Å²) < 4.78 is 11.0. The lowest BCUT2D eigenvalue weighted by Crippen LogP contribution is -2.48. The Kier molecular flexibility index (Phi) is 7.06. The summed E-state index contributed by atoms with van der Waals surface area (Å²) in [5.74, 6) is 0.586. The molecule has 28 heavy (non-hydrogen) atoms. The van der Waals surface area contributed by atoms with Gasteiger partial charge in [-0.25, -0.2) is 0 Å². The van der Waals surface area contributed by atoms with E-state index in [1.165, 1.54) is 16.7 Å². The molecular weight excluding hydrogens is 376 g/mol. The van der Waals surface area contributed by atoms with Crippen LogP contribution >= 0.6 is 11.3 Å². The Balaban J connectivity index is 1.73. The molecule has 1 aromatic heterocycles. The number of carbonyl (C=O) groups is 2. The Labute approximate surface area is 169 Å². The number of hydrogen-bond acceptors (Lipinski definition) is 5. The summed E-state index contributed by atoms with van der Waals surface area (Å²) in [6.45, 7) is 3.36. The Morgan fingerprint density at radius 2 is 2.04 bits per heavy atom. The number of benzene rings is 1. The highest BCUT2D eigenvalue weighted by Crippen LogP contribution is 2.34.